The summed E-state index contributed by atoms with van der Waals surface area (Å²) in [4.78, 5) is 42.6. The van der Waals surface area contributed by atoms with Gasteiger partial charge in [-0.3, -0.25) is 9.59 Å². The van der Waals surface area contributed by atoms with Gasteiger partial charge >= 0.3 is 6.03 Å². The van der Waals surface area contributed by atoms with Crippen LogP contribution in [0.25, 0.3) is 0 Å². The van der Waals surface area contributed by atoms with Crippen molar-refractivity contribution in [1.82, 2.24) is 9.71 Å². The summed E-state index contributed by atoms with van der Waals surface area (Å²) in [5.41, 5.74) is 1.07. The van der Waals surface area contributed by atoms with Crippen LogP contribution in [0.2, 0.25) is 4.34 Å². The van der Waals surface area contributed by atoms with Gasteiger partial charge in [0.05, 0.1) is 29.8 Å². The molecule has 0 saturated carbocycles. The number of amides is 4. The molecule has 33 heavy (non-hydrogen) atoms. The first-order chi connectivity index (χ1) is 15.7. The predicted octanol–water partition coefficient (Wildman–Crippen LogP) is 3.05. The fraction of sp³-hybridized carbons (Fsp3) is 0.100. The Morgan fingerprint density at radius 1 is 1.18 bits per heavy atom. The molecule has 4 rings (SSSR count). The van der Waals surface area contributed by atoms with Gasteiger partial charge in [0.15, 0.2) is 0 Å². The maximum absolute atomic E-state index is 12.9. The molecule has 4 amide bonds. The fourth-order valence-corrected chi connectivity index (χ4v) is 5.51. The van der Waals surface area contributed by atoms with Crippen LogP contribution in [0, 0.1) is 0 Å². The van der Waals surface area contributed by atoms with Crippen molar-refractivity contribution in [1.29, 1.82) is 0 Å². The summed E-state index contributed by atoms with van der Waals surface area (Å²) in [5.74, 6) is -0.389. The van der Waals surface area contributed by atoms with Crippen LogP contribution < -0.4 is 19.7 Å². The zero-order valence-electron chi connectivity index (χ0n) is 16.9. The molecule has 10 nitrogen and oxygen atoms in total. The van der Waals surface area contributed by atoms with E-state index in [1.165, 1.54) is 37.6 Å². The number of anilines is 2. The number of sulfonamides is 1. The third-order valence-corrected chi connectivity index (χ3v) is 7.67. The van der Waals surface area contributed by atoms with Gasteiger partial charge in [0, 0.05) is 5.56 Å². The summed E-state index contributed by atoms with van der Waals surface area (Å²) in [6, 6.07) is 9.27. The third kappa shape index (κ3) is 4.67. The number of rotatable bonds is 5. The molecule has 1 aromatic carbocycles. The highest BCUT2D eigenvalue weighted by molar-refractivity contribution is 7.92. The average molecular weight is 507 g/mol. The average Bonchev–Trinajstić information content (AvgIpc) is 3.21. The molecule has 3 aromatic rings. The maximum Gasteiger partial charge on any atom is 0.333 e. The van der Waals surface area contributed by atoms with Crippen LogP contribution in [0.3, 0.4) is 0 Å². The lowest BCUT2D eigenvalue weighted by Crippen LogP contribution is -2.43. The number of nitrogens with one attached hydrogen (secondary N) is 2. The van der Waals surface area contributed by atoms with Crippen LogP contribution >= 0.6 is 22.9 Å². The Hall–Kier alpha value is -3.48. The van der Waals surface area contributed by atoms with Gasteiger partial charge in [-0.1, -0.05) is 11.6 Å². The normalized spacial score (nSPS) is 13.5. The van der Waals surface area contributed by atoms with Crippen molar-refractivity contribution < 1.29 is 27.5 Å². The number of benzene rings is 1. The highest BCUT2D eigenvalue weighted by Gasteiger charge is 2.33. The Morgan fingerprint density at radius 2 is 1.97 bits per heavy atom. The molecule has 170 valence electrons. The molecule has 0 spiro atoms. The number of hydrogen-bond acceptors (Lipinski definition) is 8. The molecule has 0 radical (unpaired) electrons. The van der Waals surface area contributed by atoms with Crippen molar-refractivity contribution in [3.63, 3.8) is 0 Å². The fourth-order valence-electron chi connectivity index (χ4n) is 3.12. The van der Waals surface area contributed by atoms with Crippen LogP contribution in [-0.2, 0) is 21.2 Å². The first kappa shape index (κ1) is 22.7. The van der Waals surface area contributed by atoms with Crippen molar-refractivity contribution in [2.24, 2.45) is 0 Å². The van der Waals surface area contributed by atoms with E-state index in [1.54, 1.807) is 18.2 Å². The summed E-state index contributed by atoms with van der Waals surface area (Å²) in [5, 5.41) is 2.33. The van der Waals surface area contributed by atoms with Gasteiger partial charge in [-0.15, -0.1) is 11.3 Å². The number of pyridine rings is 1. The number of fused-ring (bicyclic) bond motifs is 1. The molecular weight excluding hydrogens is 492 g/mol. The molecule has 1 aliphatic rings. The van der Waals surface area contributed by atoms with E-state index in [9.17, 15) is 22.8 Å². The molecule has 2 N–H and O–H groups in total. The molecule has 0 fully saturated rings. The van der Waals surface area contributed by atoms with Crippen molar-refractivity contribution in [3.8, 4) is 5.75 Å². The second-order valence-corrected chi connectivity index (χ2v) is 10.4. The number of carbonyl (C=O) groups is 3. The van der Waals surface area contributed by atoms with Crippen LogP contribution in [0.4, 0.5) is 16.3 Å². The van der Waals surface area contributed by atoms with Gasteiger partial charge in [-0.25, -0.2) is 27.8 Å². The number of halogens is 1. The number of nitrogens with zero attached hydrogens (tertiary/aromatic N) is 2. The van der Waals surface area contributed by atoms with E-state index in [0.717, 1.165) is 16.2 Å². The van der Waals surface area contributed by atoms with Gasteiger partial charge in [-0.2, -0.15) is 0 Å². The lowest BCUT2D eigenvalue weighted by atomic mass is 9.98. The molecular formula is C20H15ClN4O6S2. The van der Waals surface area contributed by atoms with Gasteiger partial charge in [-0.05, 0) is 48.0 Å². The molecule has 2 aromatic heterocycles. The zero-order valence-corrected chi connectivity index (χ0v) is 19.3. The van der Waals surface area contributed by atoms with E-state index >= 15 is 0 Å². The zero-order chi connectivity index (χ0) is 23.8. The number of hydrogen-bond donors (Lipinski definition) is 2. The molecule has 1 aliphatic heterocycles. The number of aromatic nitrogens is 1. The molecule has 0 atom stereocenters. The lowest BCUT2D eigenvalue weighted by molar-refractivity contribution is -0.117. The second kappa shape index (κ2) is 8.81. The molecule has 0 unspecified atom stereocenters. The van der Waals surface area contributed by atoms with Crippen LogP contribution in [-0.4, -0.2) is 38.4 Å². The Bertz CT molecular complexity index is 1370. The van der Waals surface area contributed by atoms with E-state index in [1.807, 2.05) is 4.72 Å². The van der Waals surface area contributed by atoms with Crippen LogP contribution in [0.5, 0.6) is 5.75 Å². The smallest absolute Gasteiger partial charge is 0.333 e. The van der Waals surface area contributed by atoms with Gasteiger partial charge in [0.1, 0.15) is 15.8 Å². The monoisotopic (exact) mass is 506 g/mol. The minimum absolute atomic E-state index is 0.00699. The number of carbonyl (C=O) groups excluding carboxylic acids is 3. The minimum Gasteiger partial charge on any atom is -0.497 e. The predicted molar refractivity (Wildman–Crippen MR) is 121 cm³/mol. The van der Waals surface area contributed by atoms with Crippen molar-refractivity contribution in [3.05, 3.63) is 64.1 Å². The van der Waals surface area contributed by atoms with Gasteiger partial charge < -0.3 is 10.1 Å². The SMILES string of the molecule is COc1ccc2c(c1)CC(=O)N(c1ccc(NC(=O)NS(=O)(=O)c3ccc(Cl)s3)cn1)C2=O. The maximum atomic E-state index is 12.9. The Labute approximate surface area is 197 Å². The van der Waals surface area contributed by atoms with Gasteiger partial charge in [0.25, 0.3) is 15.9 Å². The van der Waals surface area contributed by atoms with E-state index < -0.39 is 27.9 Å². The minimum atomic E-state index is -4.09. The molecule has 0 aliphatic carbocycles. The van der Waals surface area contributed by atoms with Crippen molar-refractivity contribution >= 4 is 62.3 Å². The van der Waals surface area contributed by atoms with Crippen molar-refractivity contribution in [2.75, 3.05) is 17.3 Å². The molecule has 0 bridgehead atoms. The van der Waals surface area contributed by atoms with Crippen molar-refractivity contribution in [2.45, 2.75) is 10.6 Å². The highest BCUT2D eigenvalue weighted by Crippen LogP contribution is 2.28. The second-order valence-electron chi connectivity index (χ2n) is 6.76. The molecule has 0 saturated heterocycles. The number of imide groups is 1. The lowest BCUT2D eigenvalue weighted by Gasteiger charge is -2.26. The number of ether oxygens (including phenoxy) is 1. The first-order valence-electron chi connectivity index (χ1n) is 9.27. The standard InChI is InChI=1S/C20H15ClN4O6S2/c1-31-13-3-4-14-11(8-13)9-17(26)25(19(14)27)16-6-2-12(10-22-16)23-20(28)24-33(29,30)18-7-5-15(21)32-18/h2-8,10H,9H2,1H3,(H2,23,24,28). The summed E-state index contributed by atoms with van der Waals surface area (Å²) in [7, 11) is -2.59. The summed E-state index contributed by atoms with van der Waals surface area (Å²) in [6.07, 6.45) is 1.20. The number of methoxy groups -OCH3 is 1. The van der Waals surface area contributed by atoms with Crippen LogP contribution in [0.1, 0.15) is 15.9 Å². The quantitative estimate of drug-likeness (QED) is 0.508. The Morgan fingerprint density at radius 3 is 2.61 bits per heavy atom. The highest BCUT2D eigenvalue weighted by atomic mass is 35.5. The van der Waals surface area contributed by atoms with E-state index in [2.05, 4.69) is 10.3 Å². The topological polar surface area (TPSA) is 135 Å². The third-order valence-electron chi connectivity index (χ3n) is 4.61. The van der Waals surface area contributed by atoms with Gasteiger partial charge in [0.2, 0.25) is 5.91 Å². The summed E-state index contributed by atoms with van der Waals surface area (Å²) >= 11 is 6.54. The summed E-state index contributed by atoms with van der Waals surface area (Å²) in [6.45, 7) is 0. The Kier molecular flexibility index (Phi) is 6.06. The molecule has 13 heteroatoms. The largest absolute Gasteiger partial charge is 0.497 e. The first-order valence-corrected chi connectivity index (χ1v) is 11.9. The Balaban J connectivity index is 1.47. The summed E-state index contributed by atoms with van der Waals surface area (Å²) < 4.78 is 31.5. The molecule has 3 heterocycles. The number of thiophene rings is 1. The number of urea groups is 1. The van der Waals surface area contributed by atoms with Crippen LogP contribution in [0.15, 0.2) is 52.9 Å². The van der Waals surface area contributed by atoms with E-state index in [4.69, 9.17) is 16.3 Å². The van der Waals surface area contributed by atoms with E-state index in [-0.39, 0.29) is 26.5 Å². The van der Waals surface area contributed by atoms with E-state index in [0.29, 0.717) is 16.9 Å².